The molecule has 1 aromatic heterocycles. The van der Waals surface area contributed by atoms with Crippen LogP contribution in [0.2, 0.25) is 5.02 Å². The quantitative estimate of drug-likeness (QED) is 0.400. The molecule has 9 heteroatoms. The SMILES string of the molecule is C=CC(=O)NC[C@@H](NC(=O)[C@H](Cc1nc2ccc(Cl)cc2s1)NC(=O)CCC)C1CCCCC1. The van der Waals surface area contributed by atoms with Crippen molar-refractivity contribution in [3.63, 3.8) is 0 Å². The van der Waals surface area contributed by atoms with E-state index in [2.05, 4.69) is 27.5 Å². The summed E-state index contributed by atoms with van der Waals surface area (Å²) in [6.45, 7) is 5.75. The Hall–Kier alpha value is -2.45. The van der Waals surface area contributed by atoms with Crippen molar-refractivity contribution in [1.29, 1.82) is 0 Å². The average molecular weight is 505 g/mol. The van der Waals surface area contributed by atoms with Gasteiger partial charge in [-0.15, -0.1) is 11.3 Å². The van der Waals surface area contributed by atoms with Gasteiger partial charge in [0.1, 0.15) is 6.04 Å². The van der Waals surface area contributed by atoms with Gasteiger partial charge in [-0.1, -0.05) is 44.4 Å². The first kappa shape index (κ1) is 26.2. The predicted molar refractivity (Wildman–Crippen MR) is 137 cm³/mol. The van der Waals surface area contributed by atoms with Gasteiger partial charge in [-0.05, 0) is 49.5 Å². The second-order valence-electron chi connectivity index (χ2n) is 8.76. The fourth-order valence-electron chi connectivity index (χ4n) is 4.35. The maximum atomic E-state index is 13.4. The van der Waals surface area contributed by atoms with Gasteiger partial charge in [0.15, 0.2) is 0 Å². The average Bonchev–Trinajstić information content (AvgIpc) is 3.23. The van der Waals surface area contributed by atoms with Crippen molar-refractivity contribution in [2.45, 2.75) is 70.4 Å². The van der Waals surface area contributed by atoms with E-state index in [1.165, 1.54) is 23.8 Å². The standard InChI is InChI=1S/C25H33ClN4O3S/c1-3-8-23(32)28-19(14-24-29-18-12-11-17(26)13-21(18)34-24)25(33)30-20(15-27-22(31)4-2)16-9-6-5-7-10-16/h4,11-13,16,19-20H,2-3,5-10,14-15H2,1H3,(H,27,31)(H,28,32)(H,30,33)/t19-,20+/m0/s1. The molecule has 7 nitrogen and oxygen atoms in total. The van der Waals surface area contributed by atoms with Crippen molar-refractivity contribution in [2.75, 3.05) is 6.54 Å². The lowest BCUT2D eigenvalue weighted by atomic mass is 9.83. The highest BCUT2D eigenvalue weighted by molar-refractivity contribution is 7.18. The number of rotatable bonds is 11. The normalized spacial score (nSPS) is 15.9. The molecule has 0 spiro atoms. The highest BCUT2D eigenvalue weighted by Crippen LogP contribution is 2.28. The van der Waals surface area contributed by atoms with Crippen molar-refractivity contribution in [1.82, 2.24) is 20.9 Å². The Balaban J connectivity index is 1.77. The zero-order valence-electron chi connectivity index (χ0n) is 19.6. The molecule has 1 aromatic carbocycles. The Morgan fingerprint density at radius 2 is 2.00 bits per heavy atom. The zero-order valence-corrected chi connectivity index (χ0v) is 21.1. The number of hydrogen-bond acceptors (Lipinski definition) is 5. The molecule has 0 bridgehead atoms. The van der Waals surface area contributed by atoms with E-state index < -0.39 is 6.04 Å². The number of hydrogen-bond donors (Lipinski definition) is 3. The number of nitrogens with zero attached hydrogens (tertiary/aromatic N) is 1. The van der Waals surface area contributed by atoms with Gasteiger partial charge in [0.25, 0.3) is 0 Å². The molecule has 1 heterocycles. The number of aromatic nitrogens is 1. The van der Waals surface area contributed by atoms with Crippen LogP contribution >= 0.6 is 22.9 Å². The minimum atomic E-state index is -0.753. The van der Waals surface area contributed by atoms with E-state index >= 15 is 0 Å². The Bertz CT molecular complexity index is 1020. The number of carbonyl (C=O) groups excluding carboxylic acids is 3. The topological polar surface area (TPSA) is 100 Å². The van der Waals surface area contributed by atoms with Crippen LogP contribution < -0.4 is 16.0 Å². The van der Waals surface area contributed by atoms with Crippen LogP contribution in [0.15, 0.2) is 30.9 Å². The van der Waals surface area contributed by atoms with E-state index in [1.54, 1.807) is 6.07 Å². The molecule has 3 N–H and O–H groups in total. The number of nitrogens with one attached hydrogen (secondary N) is 3. The number of amides is 3. The molecule has 1 saturated carbocycles. The molecule has 1 aliphatic carbocycles. The van der Waals surface area contributed by atoms with Crippen LogP contribution in [-0.4, -0.2) is 41.3 Å². The molecule has 3 rings (SSSR count). The maximum Gasteiger partial charge on any atom is 0.243 e. The van der Waals surface area contributed by atoms with Gasteiger partial charge in [-0.3, -0.25) is 14.4 Å². The van der Waals surface area contributed by atoms with Gasteiger partial charge in [-0.25, -0.2) is 4.98 Å². The van der Waals surface area contributed by atoms with Crippen LogP contribution in [0.5, 0.6) is 0 Å². The monoisotopic (exact) mass is 504 g/mol. The molecule has 2 aromatic rings. The van der Waals surface area contributed by atoms with Gasteiger partial charge >= 0.3 is 0 Å². The molecule has 0 radical (unpaired) electrons. The summed E-state index contributed by atoms with van der Waals surface area (Å²) in [5, 5.41) is 10.2. The summed E-state index contributed by atoms with van der Waals surface area (Å²) in [6, 6.07) is 4.52. The number of benzene rings is 1. The van der Waals surface area contributed by atoms with Crippen LogP contribution in [-0.2, 0) is 20.8 Å². The molecule has 3 amide bonds. The van der Waals surface area contributed by atoms with E-state index in [1.807, 2.05) is 19.1 Å². The van der Waals surface area contributed by atoms with Gasteiger partial charge in [0, 0.05) is 30.5 Å². The molecule has 1 fully saturated rings. The van der Waals surface area contributed by atoms with Crippen molar-refractivity contribution < 1.29 is 14.4 Å². The third-order valence-corrected chi connectivity index (χ3v) is 7.41. The van der Waals surface area contributed by atoms with Crippen LogP contribution in [0, 0.1) is 5.92 Å². The first-order chi connectivity index (χ1) is 16.4. The minimum Gasteiger partial charge on any atom is -0.351 e. The number of fused-ring (bicyclic) bond motifs is 1. The Labute approximate surface area is 209 Å². The highest BCUT2D eigenvalue weighted by Gasteiger charge is 2.29. The van der Waals surface area contributed by atoms with Crippen molar-refractivity contribution in [2.24, 2.45) is 5.92 Å². The maximum absolute atomic E-state index is 13.4. The van der Waals surface area contributed by atoms with Crippen LogP contribution in [0.3, 0.4) is 0 Å². The first-order valence-corrected chi connectivity index (χ1v) is 13.1. The Morgan fingerprint density at radius 1 is 1.24 bits per heavy atom. The second kappa shape index (κ2) is 12.9. The summed E-state index contributed by atoms with van der Waals surface area (Å²) in [5.74, 6) is -0.415. The Kier molecular flexibility index (Phi) is 9.89. The van der Waals surface area contributed by atoms with Gasteiger partial charge in [-0.2, -0.15) is 0 Å². The zero-order chi connectivity index (χ0) is 24.5. The summed E-state index contributed by atoms with van der Waals surface area (Å²) < 4.78 is 0.939. The van der Waals surface area contributed by atoms with E-state index in [0.717, 1.165) is 40.9 Å². The molecule has 0 aliphatic heterocycles. The third-order valence-electron chi connectivity index (χ3n) is 6.13. The van der Waals surface area contributed by atoms with E-state index in [-0.39, 0.29) is 36.1 Å². The lowest BCUT2D eigenvalue weighted by Gasteiger charge is -2.32. The third kappa shape index (κ3) is 7.53. The highest BCUT2D eigenvalue weighted by atomic mass is 35.5. The molecular formula is C25H33ClN4O3S. The largest absolute Gasteiger partial charge is 0.351 e. The first-order valence-electron chi connectivity index (χ1n) is 11.9. The summed E-state index contributed by atoms with van der Waals surface area (Å²) in [5.41, 5.74) is 0.815. The number of halogens is 1. The van der Waals surface area contributed by atoms with Gasteiger partial charge in [0.2, 0.25) is 17.7 Å². The fourth-order valence-corrected chi connectivity index (χ4v) is 5.64. The van der Waals surface area contributed by atoms with E-state index in [0.29, 0.717) is 24.4 Å². The summed E-state index contributed by atoms with van der Waals surface area (Å²) >= 11 is 7.57. The molecule has 1 aliphatic rings. The minimum absolute atomic E-state index is 0.166. The van der Waals surface area contributed by atoms with Crippen LogP contribution in [0.1, 0.15) is 56.9 Å². The van der Waals surface area contributed by atoms with Gasteiger partial charge in [0.05, 0.1) is 15.2 Å². The number of thiazole rings is 1. The molecule has 2 atom stereocenters. The smallest absolute Gasteiger partial charge is 0.243 e. The molecule has 34 heavy (non-hydrogen) atoms. The Morgan fingerprint density at radius 3 is 2.71 bits per heavy atom. The fraction of sp³-hybridized carbons (Fsp3) is 0.520. The summed E-state index contributed by atoms with van der Waals surface area (Å²) in [6.07, 6.45) is 7.96. The molecule has 0 unspecified atom stereocenters. The lowest BCUT2D eigenvalue weighted by Crippen LogP contribution is -2.55. The van der Waals surface area contributed by atoms with Crippen molar-refractivity contribution in [3.05, 3.63) is 40.9 Å². The summed E-state index contributed by atoms with van der Waals surface area (Å²) in [4.78, 5) is 42.2. The second-order valence-corrected chi connectivity index (χ2v) is 10.3. The molecule has 184 valence electrons. The van der Waals surface area contributed by atoms with Crippen molar-refractivity contribution in [3.8, 4) is 0 Å². The molecule has 0 saturated heterocycles. The lowest BCUT2D eigenvalue weighted by molar-refractivity contribution is -0.129. The number of carbonyl (C=O) groups is 3. The van der Waals surface area contributed by atoms with E-state index in [4.69, 9.17) is 11.6 Å². The summed E-state index contributed by atoms with van der Waals surface area (Å²) in [7, 11) is 0. The van der Waals surface area contributed by atoms with Crippen molar-refractivity contribution >= 4 is 50.9 Å². The predicted octanol–water partition coefficient (Wildman–Crippen LogP) is 4.14. The van der Waals surface area contributed by atoms with Crippen LogP contribution in [0.4, 0.5) is 0 Å². The van der Waals surface area contributed by atoms with Gasteiger partial charge < -0.3 is 16.0 Å². The van der Waals surface area contributed by atoms with Crippen LogP contribution in [0.25, 0.3) is 10.2 Å². The van der Waals surface area contributed by atoms with E-state index in [9.17, 15) is 14.4 Å². The molecular weight excluding hydrogens is 472 g/mol.